The number of methoxy groups -OCH3 is 1. The lowest BCUT2D eigenvalue weighted by Gasteiger charge is -2.10. The van der Waals surface area contributed by atoms with Gasteiger partial charge < -0.3 is 15.2 Å². The second-order valence-corrected chi connectivity index (χ2v) is 4.39. The van der Waals surface area contributed by atoms with Gasteiger partial charge in [0.2, 0.25) is 0 Å². The second-order valence-electron chi connectivity index (χ2n) is 4.39. The highest BCUT2D eigenvalue weighted by molar-refractivity contribution is 6.04. The van der Waals surface area contributed by atoms with E-state index in [2.05, 4.69) is 5.32 Å². The van der Waals surface area contributed by atoms with Gasteiger partial charge in [-0.05, 0) is 36.8 Å². The molecule has 2 aromatic rings. The van der Waals surface area contributed by atoms with Gasteiger partial charge in [0.05, 0.1) is 7.11 Å². The number of halogens is 2. The predicted octanol–water partition coefficient (Wildman–Crippen LogP) is 3.24. The van der Waals surface area contributed by atoms with Crippen LogP contribution in [0.4, 0.5) is 14.5 Å². The van der Waals surface area contributed by atoms with Gasteiger partial charge in [-0.15, -0.1) is 0 Å². The summed E-state index contributed by atoms with van der Waals surface area (Å²) in [6, 6.07) is 6.26. The number of amides is 1. The van der Waals surface area contributed by atoms with Crippen molar-refractivity contribution in [3.8, 4) is 11.5 Å². The van der Waals surface area contributed by atoms with Gasteiger partial charge in [-0.1, -0.05) is 6.07 Å². The van der Waals surface area contributed by atoms with Crippen LogP contribution in [-0.4, -0.2) is 18.1 Å². The SMILES string of the molecule is COc1ccc(C(=O)Nc2c(F)ccc(C)c2F)cc1O. The molecule has 6 heteroatoms. The molecule has 2 rings (SSSR count). The van der Waals surface area contributed by atoms with Gasteiger partial charge in [-0.2, -0.15) is 0 Å². The Bertz CT molecular complexity index is 702. The third-order valence-corrected chi connectivity index (χ3v) is 2.96. The van der Waals surface area contributed by atoms with Crippen LogP contribution < -0.4 is 10.1 Å². The summed E-state index contributed by atoms with van der Waals surface area (Å²) in [4.78, 5) is 12.0. The zero-order valence-electron chi connectivity index (χ0n) is 11.4. The topological polar surface area (TPSA) is 58.6 Å². The van der Waals surface area contributed by atoms with Gasteiger partial charge in [0.1, 0.15) is 11.5 Å². The van der Waals surface area contributed by atoms with E-state index < -0.39 is 23.2 Å². The summed E-state index contributed by atoms with van der Waals surface area (Å²) in [6.45, 7) is 1.46. The van der Waals surface area contributed by atoms with Gasteiger partial charge in [-0.3, -0.25) is 4.79 Å². The summed E-state index contributed by atoms with van der Waals surface area (Å²) in [5.74, 6) is -2.49. The molecule has 0 aliphatic carbocycles. The van der Waals surface area contributed by atoms with E-state index in [4.69, 9.17) is 4.74 Å². The van der Waals surface area contributed by atoms with Gasteiger partial charge in [0.15, 0.2) is 17.3 Å². The Balaban J connectivity index is 2.30. The lowest BCUT2D eigenvalue weighted by atomic mass is 10.1. The highest BCUT2D eigenvalue weighted by Crippen LogP contribution is 2.27. The molecule has 0 radical (unpaired) electrons. The van der Waals surface area contributed by atoms with Crippen LogP contribution >= 0.6 is 0 Å². The van der Waals surface area contributed by atoms with E-state index >= 15 is 0 Å². The van der Waals surface area contributed by atoms with Gasteiger partial charge >= 0.3 is 0 Å². The maximum atomic E-state index is 13.8. The molecule has 0 aromatic heterocycles. The Morgan fingerprint density at radius 3 is 2.57 bits per heavy atom. The first-order valence-corrected chi connectivity index (χ1v) is 6.07. The van der Waals surface area contributed by atoms with Crippen molar-refractivity contribution in [1.82, 2.24) is 0 Å². The molecule has 1 amide bonds. The van der Waals surface area contributed by atoms with Crippen molar-refractivity contribution in [2.75, 3.05) is 12.4 Å². The Morgan fingerprint density at radius 2 is 1.95 bits per heavy atom. The Labute approximate surface area is 120 Å². The summed E-state index contributed by atoms with van der Waals surface area (Å²) < 4.78 is 32.2. The zero-order valence-corrected chi connectivity index (χ0v) is 11.4. The number of rotatable bonds is 3. The van der Waals surface area contributed by atoms with Crippen molar-refractivity contribution in [1.29, 1.82) is 0 Å². The second kappa shape index (κ2) is 5.78. The molecule has 110 valence electrons. The molecule has 0 saturated heterocycles. The Morgan fingerprint density at radius 1 is 1.24 bits per heavy atom. The molecule has 2 N–H and O–H groups in total. The van der Waals surface area contributed by atoms with E-state index in [-0.39, 0.29) is 22.6 Å². The molecule has 0 spiro atoms. The molecule has 0 saturated carbocycles. The number of anilines is 1. The molecule has 0 bridgehead atoms. The van der Waals surface area contributed by atoms with E-state index in [0.29, 0.717) is 0 Å². The quantitative estimate of drug-likeness (QED) is 0.913. The molecule has 0 unspecified atom stereocenters. The summed E-state index contributed by atoms with van der Waals surface area (Å²) in [5, 5.41) is 11.8. The summed E-state index contributed by atoms with van der Waals surface area (Å²) in [5.41, 5.74) is -0.256. The van der Waals surface area contributed by atoms with Crippen LogP contribution in [0.3, 0.4) is 0 Å². The Kier molecular flexibility index (Phi) is 4.07. The first kappa shape index (κ1) is 14.8. The minimum atomic E-state index is -0.871. The van der Waals surface area contributed by atoms with Crippen molar-refractivity contribution in [2.24, 2.45) is 0 Å². The number of aryl methyl sites for hydroxylation is 1. The van der Waals surface area contributed by atoms with Crippen LogP contribution in [0.2, 0.25) is 0 Å². The number of hydrogen-bond acceptors (Lipinski definition) is 3. The number of carbonyl (C=O) groups is 1. The number of ether oxygens (including phenoxy) is 1. The smallest absolute Gasteiger partial charge is 0.255 e. The first-order valence-electron chi connectivity index (χ1n) is 6.07. The van der Waals surface area contributed by atoms with Gasteiger partial charge in [-0.25, -0.2) is 8.78 Å². The van der Waals surface area contributed by atoms with E-state index in [0.717, 1.165) is 12.1 Å². The maximum Gasteiger partial charge on any atom is 0.255 e. The molecular formula is C15H13F2NO3. The summed E-state index contributed by atoms with van der Waals surface area (Å²) in [6.07, 6.45) is 0. The lowest BCUT2D eigenvalue weighted by molar-refractivity contribution is 0.102. The van der Waals surface area contributed by atoms with Crippen molar-refractivity contribution in [2.45, 2.75) is 6.92 Å². The first-order chi connectivity index (χ1) is 9.93. The number of hydrogen-bond donors (Lipinski definition) is 2. The molecule has 0 heterocycles. The van der Waals surface area contributed by atoms with Crippen LogP contribution in [0.1, 0.15) is 15.9 Å². The van der Waals surface area contributed by atoms with E-state index in [1.807, 2.05) is 0 Å². The third-order valence-electron chi connectivity index (χ3n) is 2.96. The normalized spacial score (nSPS) is 10.3. The van der Waals surface area contributed by atoms with Crippen LogP contribution in [0.15, 0.2) is 30.3 Å². The fourth-order valence-corrected chi connectivity index (χ4v) is 1.79. The van der Waals surface area contributed by atoms with Crippen LogP contribution in [-0.2, 0) is 0 Å². The number of carbonyl (C=O) groups excluding carboxylic acids is 1. The molecule has 2 aromatic carbocycles. The van der Waals surface area contributed by atoms with Crippen LogP contribution in [0, 0.1) is 18.6 Å². The number of aromatic hydroxyl groups is 1. The summed E-state index contributed by atoms with van der Waals surface area (Å²) >= 11 is 0. The minimum Gasteiger partial charge on any atom is -0.504 e. The zero-order chi connectivity index (χ0) is 15.6. The number of phenolic OH excluding ortho intramolecular Hbond substituents is 1. The van der Waals surface area contributed by atoms with Crippen molar-refractivity contribution < 1.29 is 23.4 Å². The predicted molar refractivity (Wildman–Crippen MR) is 73.7 cm³/mol. The Hall–Kier alpha value is -2.63. The monoisotopic (exact) mass is 293 g/mol. The largest absolute Gasteiger partial charge is 0.504 e. The highest BCUT2D eigenvalue weighted by atomic mass is 19.1. The molecule has 0 fully saturated rings. The van der Waals surface area contributed by atoms with Crippen LogP contribution in [0.5, 0.6) is 11.5 Å². The van der Waals surface area contributed by atoms with E-state index in [1.54, 1.807) is 0 Å². The van der Waals surface area contributed by atoms with Crippen molar-refractivity contribution >= 4 is 11.6 Å². The summed E-state index contributed by atoms with van der Waals surface area (Å²) in [7, 11) is 1.37. The average molecular weight is 293 g/mol. The van der Waals surface area contributed by atoms with Crippen molar-refractivity contribution in [3.63, 3.8) is 0 Å². The number of benzene rings is 2. The fourth-order valence-electron chi connectivity index (χ4n) is 1.79. The third kappa shape index (κ3) is 2.94. The van der Waals surface area contributed by atoms with Crippen molar-refractivity contribution in [3.05, 3.63) is 53.1 Å². The van der Waals surface area contributed by atoms with Crippen LogP contribution in [0.25, 0.3) is 0 Å². The lowest BCUT2D eigenvalue weighted by Crippen LogP contribution is -2.14. The number of phenols is 1. The average Bonchev–Trinajstić information content (AvgIpc) is 2.47. The molecule has 0 aliphatic rings. The molecular weight excluding hydrogens is 280 g/mol. The van der Waals surface area contributed by atoms with Gasteiger partial charge in [0, 0.05) is 5.56 Å². The highest BCUT2D eigenvalue weighted by Gasteiger charge is 2.16. The molecule has 0 atom stereocenters. The number of nitrogens with one attached hydrogen (secondary N) is 1. The maximum absolute atomic E-state index is 13.8. The standard InChI is InChI=1S/C15H13F2NO3/c1-8-3-5-10(16)14(13(8)17)18-15(20)9-4-6-12(21-2)11(19)7-9/h3-7,19H,1-2H3,(H,18,20). The molecule has 21 heavy (non-hydrogen) atoms. The molecule has 0 aliphatic heterocycles. The molecule has 4 nitrogen and oxygen atoms in total. The minimum absolute atomic E-state index is 0.0496. The van der Waals surface area contributed by atoms with E-state index in [1.165, 1.54) is 32.2 Å². The van der Waals surface area contributed by atoms with E-state index in [9.17, 15) is 18.7 Å². The van der Waals surface area contributed by atoms with Gasteiger partial charge in [0.25, 0.3) is 5.91 Å². The fraction of sp³-hybridized carbons (Fsp3) is 0.133.